The molecule has 0 aliphatic rings. The Bertz CT molecular complexity index is 884. The second-order valence-electron chi connectivity index (χ2n) is 4.68. The van der Waals surface area contributed by atoms with E-state index in [4.69, 9.17) is 9.15 Å². The van der Waals surface area contributed by atoms with E-state index in [9.17, 15) is 9.59 Å². The summed E-state index contributed by atoms with van der Waals surface area (Å²) in [6, 6.07) is 13.9. The molecule has 1 aromatic heterocycles. The predicted octanol–water partition coefficient (Wildman–Crippen LogP) is 3.17. The molecule has 3 rings (SSSR count). The zero-order chi connectivity index (χ0) is 15.5. The van der Waals surface area contributed by atoms with E-state index in [1.165, 1.54) is 6.07 Å². The van der Waals surface area contributed by atoms with Crippen LogP contribution in [0.2, 0.25) is 0 Å². The first-order chi connectivity index (χ1) is 10.7. The third-order valence-electron chi connectivity index (χ3n) is 3.14. The molecule has 5 nitrogen and oxygen atoms in total. The first kappa shape index (κ1) is 14.0. The average molecular weight is 295 g/mol. The summed E-state index contributed by atoms with van der Waals surface area (Å²) >= 11 is 0. The van der Waals surface area contributed by atoms with Crippen molar-refractivity contribution in [2.24, 2.45) is 0 Å². The van der Waals surface area contributed by atoms with Crippen LogP contribution in [0.4, 0.5) is 0 Å². The van der Waals surface area contributed by atoms with E-state index in [1.807, 2.05) is 30.3 Å². The van der Waals surface area contributed by atoms with Gasteiger partial charge in [-0.3, -0.25) is 4.79 Å². The van der Waals surface area contributed by atoms with Gasteiger partial charge in [-0.1, -0.05) is 25.1 Å². The summed E-state index contributed by atoms with van der Waals surface area (Å²) in [6.07, 6.45) is 0.262. The molecule has 110 valence electrons. The van der Waals surface area contributed by atoms with Crippen molar-refractivity contribution in [1.82, 2.24) is 4.98 Å². The summed E-state index contributed by atoms with van der Waals surface area (Å²) < 4.78 is 10.3. The second kappa shape index (κ2) is 5.81. The van der Waals surface area contributed by atoms with Gasteiger partial charge < -0.3 is 9.15 Å². The molecule has 22 heavy (non-hydrogen) atoms. The Labute approximate surface area is 126 Å². The van der Waals surface area contributed by atoms with Gasteiger partial charge in [0.15, 0.2) is 0 Å². The molecule has 0 N–H and O–H groups in total. The summed E-state index contributed by atoms with van der Waals surface area (Å²) in [5.74, 6) is 0.204. The minimum absolute atomic E-state index is 0.261. The van der Waals surface area contributed by atoms with Crippen LogP contribution in [0.15, 0.2) is 57.7 Å². The van der Waals surface area contributed by atoms with Crippen LogP contribution in [0, 0.1) is 0 Å². The van der Waals surface area contributed by atoms with E-state index in [0.717, 1.165) is 5.56 Å². The van der Waals surface area contributed by atoms with Crippen LogP contribution in [0.1, 0.15) is 13.3 Å². The zero-order valence-corrected chi connectivity index (χ0v) is 11.9. The number of aromatic nitrogens is 1. The van der Waals surface area contributed by atoms with E-state index in [0.29, 0.717) is 11.3 Å². The number of esters is 1. The maximum absolute atomic E-state index is 12.1. The first-order valence-corrected chi connectivity index (χ1v) is 6.88. The molecule has 2 aromatic carbocycles. The molecule has 0 atom stereocenters. The van der Waals surface area contributed by atoms with Crippen LogP contribution in [0.5, 0.6) is 5.75 Å². The van der Waals surface area contributed by atoms with Gasteiger partial charge in [0, 0.05) is 12.0 Å². The zero-order valence-electron chi connectivity index (χ0n) is 11.9. The molecular weight excluding hydrogens is 282 g/mol. The largest absolute Gasteiger partial charge is 0.427 e. The number of carbonyl (C=O) groups excluding carboxylic acids is 1. The molecule has 0 radical (unpaired) electrons. The van der Waals surface area contributed by atoms with E-state index in [-0.39, 0.29) is 23.7 Å². The monoisotopic (exact) mass is 295 g/mol. The fourth-order valence-electron chi connectivity index (χ4n) is 2.02. The number of ether oxygens (including phenoxy) is 1. The molecule has 0 bridgehead atoms. The van der Waals surface area contributed by atoms with Crippen molar-refractivity contribution in [3.63, 3.8) is 0 Å². The average Bonchev–Trinajstić information content (AvgIpc) is 2.56. The van der Waals surface area contributed by atoms with Crippen LogP contribution < -0.4 is 10.4 Å². The van der Waals surface area contributed by atoms with Crippen LogP contribution >= 0.6 is 0 Å². The van der Waals surface area contributed by atoms with E-state index in [2.05, 4.69) is 4.98 Å². The number of nitrogens with zero attached hydrogens (tertiary/aromatic N) is 1. The number of hydrogen-bond donors (Lipinski definition) is 0. The Morgan fingerprint density at radius 3 is 2.68 bits per heavy atom. The van der Waals surface area contributed by atoms with Gasteiger partial charge in [-0.25, -0.2) is 9.78 Å². The van der Waals surface area contributed by atoms with Crippen molar-refractivity contribution < 1.29 is 13.9 Å². The molecule has 0 saturated carbocycles. The summed E-state index contributed by atoms with van der Waals surface area (Å²) in [6.45, 7) is 1.70. The summed E-state index contributed by atoms with van der Waals surface area (Å²) in [5, 5.41) is 0.279. The van der Waals surface area contributed by atoms with Crippen LogP contribution in [0.3, 0.4) is 0 Å². The second-order valence-corrected chi connectivity index (χ2v) is 4.68. The molecule has 1 heterocycles. The van der Waals surface area contributed by atoms with Crippen molar-refractivity contribution >= 4 is 16.9 Å². The lowest BCUT2D eigenvalue weighted by Crippen LogP contribution is -2.07. The molecule has 0 amide bonds. The molecular formula is C17H13NO4. The Morgan fingerprint density at radius 2 is 1.95 bits per heavy atom. The smallest absolute Gasteiger partial charge is 0.347 e. The van der Waals surface area contributed by atoms with Crippen molar-refractivity contribution in [2.75, 3.05) is 0 Å². The predicted molar refractivity (Wildman–Crippen MR) is 81.6 cm³/mol. The number of carbonyl (C=O) groups is 1. The van der Waals surface area contributed by atoms with Gasteiger partial charge in [-0.05, 0) is 30.3 Å². The van der Waals surface area contributed by atoms with E-state index >= 15 is 0 Å². The maximum Gasteiger partial charge on any atom is 0.347 e. The SMILES string of the molecule is CCC(=O)Oc1ccc2nc(-c3ccccc3)oc(=O)c2c1. The minimum Gasteiger partial charge on any atom is -0.427 e. The highest BCUT2D eigenvalue weighted by atomic mass is 16.5. The molecule has 0 spiro atoms. The fraction of sp³-hybridized carbons (Fsp3) is 0.118. The molecule has 0 unspecified atom stereocenters. The lowest BCUT2D eigenvalue weighted by Gasteiger charge is -2.05. The fourth-order valence-corrected chi connectivity index (χ4v) is 2.02. The number of rotatable bonds is 3. The van der Waals surface area contributed by atoms with Crippen molar-refractivity contribution in [3.05, 3.63) is 59.0 Å². The molecule has 0 aliphatic carbocycles. The summed E-state index contributed by atoms with van der Waals surface area (Å²) in [4.78, 5) is 27.8. The first-order valence-electron chi connectivity index (χ1n) is 6.88. The van der Waals surface area contributed by atoms with Crippen molar-refractivity contribution in [1.29, 1.82) is 0 Å². The Kier molecular flexibility index (Phi) is 3.70. The highest BCUT2D eigenvalue weighted by Gasteiger charge is 2.10. The van der Waals surface area contributed by atoms with Gasteiger partial charge >= 0.3 is 11.6 Å². The maximum atomic E-state index is 12.1. The lowest BCUT2D eigenvalue weighted by atomic mass is 10.2. The quantitative estimate of drug-likeness (QED) is 0.548. The van der Waals surface area contributed by atoms with E-state index in [1.54, 1.807) is 19.1 Å². The highest BCUT2D eigenvalue weighted by molar-refractivity contribution is 5.81. The van der Waals surface area contributed by atoms with Gasteiger partial charge in [0.2, 0.25) is 5.89 Å². The van der Waals surface area contributed by atoms with Gasteiger partial charge in [0.25, 0.3) is 0 Å². The summed E-state index contributed by atoms with van der Waals surface area (Å²) in [7, 11) is 0. The number of benzene rings is 2. The highest BCUT2D eigenvalue weighted by Crippen LogP contribution is 2.21. The molecule has 3 aromatic rings. The Hall–Kier alpha value is -2.95. The molecule has 5 heteroatoms. The standard InChI is InChI=1S/C17H13NO4/c1-2-15(19)21-12-8-9-14-13(10-12)17(20)22-16(18-14)11-6-4-3-5-7-11/h3-10H,2H2,1H3. The van der Waals surface area contributed by atoms with Gasteiger partial charge in [-0.2, -0.15) is 0 Å². The van der Waals surface area contributed by atoms with Crippen LogP contribution in [-0.2, 0) is 4.79 Å². The number of fused-ring (bicyclic) bond motifs is 1. The number of hydrogen-bond acceptors (Lipinski definition) is 5. The molecule has 0 saturated heterocycles. The van der Waals surface area contributed by atoms with E-state index < -0.39 is 5.63 Å². The van der Waals surface area contributed by atoms with Crippen molar-refractivity contribution in [2.45, 2.75) is 13.3 Å². The van der Waals surface area contributed by atoms with Gasteiger partial charge in [0.1, 0.15) is 5.75 Å². The van der Waals surface area contributed by atoms with Crippen molar-refractivity contribution in [3.8, 4) is 17.2 Å². The summed E-state index contributed by atoms with van der Waals surface area (Å²) in [5.41, 5.74) is 0.702. The third-order valence-corrected chi connectivity index (χ3v) is 3.14. The van der Waals surface area contributed by atoms with Gasteiger partial charge in [0.05, 0.1) is 10.9 Å². The Balaban J connectivity index is 2.07. The minimum atomic E-state index is -0.516. The van der Waals surface area contributed by atoms with Crippen LogP contribution in [0.25, 0.3) is 22.4 Å². The topological polar surface area (TPSA) is 69.4 Å². The lowest BCUT2D eigenvalue weighted by molar-refractivity contribution is -0.134. The Morgan fingerprint density at radius 1 is 1.18 bits per heavy atom. The molecule has 0 aliphatic heterocycles. The van der Waals surface area contributed by atoms with Crippen LogP contribution in [-0.4, -0.2) is 11.0 Å². The third kappa shape index (κ3) is 2.74. The van der Waals surface area contributed by atoms with Gasteiger partial charge in [-0.15, -0.1) is 0 Å². The molecule has 0 fully saturated rings. The normalized spacial score (nSPS) is 10.6.